The maximum Gasteiger partial charge on any atom is 0.328 e. The number of methoxy groups -OCH3 is 1. The molecule has 0 unspecified atom stereocenters. The van der Waals surface area contributed by atoms with Crippen LogP contribution >= 0.6 is 46.4 Å². The summed E-state index contributed by atoms with van der Waals surface area (Å²) in [6.45, 7) is -0.606. The van der Waals surface area contributed by atoms with Gasteiger partial charge >= 0.3 is 11.9 Å². The number of amides is 4. The van der Waals surface area contributed by atoms with Crippen LogP contribution in [-0.2, 0) is 36.8 Å². The number of esters is 1. The lowest BCUT2D eigenvalue weighted by Crippen LogP contribution is -2.42. The molecule has 11 N–H and O–H groups in total. The fraction of sp³-hybridized carbons (Fsp3) is 0.207. The Morgan fingerprint density at radius 2 is 0.875 bits per heavy atom. The summed E-state index contributed by atoms with van der Waals surface area (Å²) in [6.07, 6.45) is -0.223. The van der Waals surface area contributed by atoms with Crippen LogP contribution < -0.4 is 32.7 Å². The van der Waals surface area contributed by atoms with Crippen molar-refractivity contribution in [1.82, 2.24) is 21.3 Å². The number of hydrogen-bond donors (Lipinski definition) is 9. The zero-order valence-electron chi connectivity index (χ0n) is 42.3. The molecule has 22 heteroatoms. The van der Waals surface area contributed by atoms with Gasteiger partial charge in [-0.15, -0.1) is 0 Å². The predicted octanol–water partition coefficient (Wildman–Crippen LogP) is 8.93. The number of carboxylic acids is 1. The molecule has 0 saturated carbocycles. The monoisotopic (exact) mass is 1170 g/mol. The first-order chi connectivity index (χ1) is 37.6. The van der Waals surface area contributed by atoms with Gasteiger partial charge in [0.1, 0.15) is 12.1 Å². The number of halogens is 4. The van der Waals surface area contributed by atoms with Gasteiger partial charge in [-0.25, -0.2) is 9.59 Å². The number of ketones is 2. The Morgan fingerprint density at radius 1 is 0.512 bits per heavy atom. The summed E-state index contributed by atoms with van der Waals surface area (Å²) in [5.74, 6) is -5.41. The first-order valence-electron chi connectivity index (χ1n) is 24.1. The molecule has 0 aliphatic heterocycles. The molecule has 18 nitrogen and oxygen atoms in total. The molecule has 418 valence electrons. The van der Waals surface area contributed by atoms with Crippen LogP contribution in [0.5, 0.6) is 0 Å². The molecular formula is C58H58Cl4N8O10. The summed E-state index contributed by atoms with van der Waals surface area (Å²) in [6, 6.07) is 35.5. The largest absolute Gasteiger partial charge is 0.480 e. The number of benzene rings is 6. The number of amidine groups is 2. The summed E-state index contributed by atoms with van der Waals surface area (Å²) in [5.41, 5.74) is 15.8. The van der Waals surface area contributed by atoms with E-state index in [1.807, 2.05) is 60.7 Å². The second-order valence-corrected chi connectivity index (χ2v) is 19.2. The van der Waals surface area contributed by atoms with E-state index < -0.39 is 53.4 Å². The van der Waals surface area contributed by atoms with Crippen molar-refractivity contribution in [2.45, 2.75) is 58.0 Å². The molecule has 6 aromatic carbocycles. The van der Waals surface area contributed by atoms with Gasteiger partial charge in [-0.2, -0.15) is 0 Å². The van der Waals surface area contributed by atoms with Gasteiger partial charge in [0.05, 0.1) is 63.1 Å². The number of carbonyl (C=O) groups is 8. The zero-order chi connectivity index (χ0) is 57.8. The Balaban J connectivity index is 0.000000340. The minimum absolute atomic E-state index is 0. The molecule has 6 rings (SSSR count). The topological polar surface area (TPSA) is 314 Å². The normalized spacial score (nSPS) is 11.2. The van der Waals surface area contributed by atoms with Gasteiger partial charge in [0.2, 0.25) is 0 Å². The number of hydrogen-bond acceptors (Lipinski definition) is 11. The summed E-state index contributed by atoms with van der Waals surface area (Å²) < 4.78 is 4.79. The molecule has 0 aliphatic carbocycles. The van der Waals surface area contributed by atoms with E-state index in [1.54, 1.807) is 72.8 Å². The SMILES string of the molecule is C.COC(=O)[C@H](CCC(=O)CNC(=O)c1cccc(CC(=N)N)c1)NC(=O)c1c(Cl)cc(-c2ccccc2)cc1Cl.N=C(N)Cc1cccc(C(=O)NCC(=O)CC[C@H](NC(=O)c2c(Cl)cc(-c3ccccc3)cc2Cl)C(=O)O)c1. The van der Waals surface area contributed by atoms with Crippen LogP contribution in [-0.4, -0.2) is 96.2 Å². The standard InChI is InChI=1S/C29H28Cl2N4O5.C28H26Cl2N4O5.CH4/c1-40-29(39)24(11-10-21(36)16-34-27(37)19-9-5-6-17(12-19)13-25(32)33)35-28(38)26-22(30)14-20(15-23(26)31)18-7-3-2-4-8-18;29-21-13-19(17-6-2-1-3-7-17)14-22(30)25(21)27(37)34-23(28(38)39)10-9-20(35)15-33-26(36)18-8-4-5-16(11-18)12-24(31)32;/h2-9,12,14-15,24H,10-11,13,16H2,1H3,(H3,32,33)(H,34,37)(H,35,38);1-8,11,13-14,23H,9-10,12,15H2,(H3,31,32)(H,33,36)(H,34,37)(H,38,39);1H4/t24-;23-;/m00./s1. The zero-order valence-corrected chi connectivity index (χ0v) is 45.3. The second-order valence-electron chi connectivity index (χ2n) is 17.6. The maximum absolute atomic E-state index is 13.0. The average molecular weight is 1170 g/mol. The third-order valence-corrected chi connectivity index (χ3v) is 12.8. The van der Waals surface area contributed by atoms with Crippen molar-refractivity contribution in [3.05, 3.63) is 187 Å². The molecule has 6 aromatic rings. The Hall–Kier alpha value is -8.42. The summed E-state index contributed by atoms with van der Waals surface area (Å²) in [5, 5.41) is 34.6. The van der Waals surface area contributed by atoms with Gasteiger partial charge in [-0.1, -0.05) is 139 Å². The molecule has 0 heterocycles. The Bertz CT molecular complexity index is 3230. The van der Waals surface area contributed by atoms with Crippen molar-refractivity contribution in [3.8, 4) is 22.3 Å². The molecule has 0 radical (unpaired) electrons. The van der Waals surface area contributed by atoms with E-state index in [1.165, 1.54) is 7.11 Å². The number of nitrogens with two attached hydrogens (primary N) is 2. The minimum Gasteiger partial charge on any atom is -0.480 e. The quantitative estimate of drug-likeness (QED) is 0.0156. The van der Waals surface area contributed by atoms with E-state index in [0.717, 1.165) is 16.7 Å². The fourth-order valence-corrected chi connectivity index (χ4v) is 9.04. The first kappa shape index (κ1) is 64.1. The van der Waals surface area contributed by atoms with Crippen LogP contribution in [0, 0.1) is 10.8 Å². The lowest BCUT2D eigenvalue weighted by Gasteiger charge is -2.18. The third-order valence-electron chi connectivity index (χ3n) is 11.6. The van der Waals surface area contributed by atoms with E-state index in [2.05, 4.69) is 21.3 Å². The molecule has 0 spiro atoms. The van der Waals surface area contributed by atoms with Gasteiger partial charge in [0.25, 0.3) is 23.6 Å². The lowest BCUT2D eigenvalue weighted by molar-refractivity contribution is -0.143. The van der Waals surface area contributed by atoms with E-state index in [4.69, 9.17) is 73.4 Å². The molecule has 0 aromatic heterocycles. The van der Waals surface area contributed by atoms with Crippen molar-refractivity contribution in [3.63, 3.8) is 0 Å². The summed E-state index contributed by atoms with van der Waals surface area (Å²) in [4.78, 5) is 99.7. The van der Waals surface area contributed by atoms with Crippen molar-refractivity contribution in [2.75, 3.05) is 20.2 Å². The number of rotatable bonds is 24. The van der Waals surface area contributed by atoms with Crippen LogP contribution in [0.4, 0.5) is 0 Å². The highest BCUT2D eigenvalue weighted by Gasteiger charge is 2.27. The fourth-order valence-electron chi connectivity index (χ4n) is 7.72. The number of ether oxygens (including phenoxy) is 1. The van der Waals surface area contributed by atoms with Crippen LogP contribution in [0.25, 0.3) is 22.3 Å². The van der Waals surface area contributed by atoms with Crippen LogP contribution in [0.1, 0.15) is 85.7 Å². The highest BCUT2D eigenvalue weighted by molar-refractivity contribution is 6.41. The molecule has 2 atom stereocenters. The number of nitrogens with one attached hydrogen (secondary N) is 6. The van der Waals surface area contributed by atoms with Gasteiger partial charge in [0, 0.05) is 36.8 Å². The van der Waals surface area contributed by atoms with Gasteiger partial charge < -0.3 is 42.6 Å². The lowest BCUT2D eigenvalue weighted by atomic mass is 10.0. The number of aliphatic carboxylic acids is 1. The van der Waals surface area contributed by atoms with Crippen LogP contribution in [0.3, 0.4) is 0 Å². The van der Waals surface area contributed by atoms with Gasteiger partial charge in [-0.3, -0.25) is 39.6 Å². The molecule has 80 heavy (non-hydrogen) atoms. The van der Waals surface area contributed by atoms with Crippen LogP contribution in [0.15, 0.2) is 133 Å². The van der Waals surface area contributed by atoms with Crippen molar-refractivity contribution in [1.29, 1.82) is 10.8 Å². The highest BCUT2D eigenvalue weighted by atomic mass is 35.5. The molecule has 4 amide bonds. The second kappa shape index (κ2) is 31.2. The van der Waals surface area contributed by atoms with Gasteiger partial charge in [0.15, 0.2) is 11.6 Å². The average Bonchev–Trinajstić information content (AvgIpc) is 3.44. The molecular weight excluding hydrogens is 1110 g/mol. The highest BCUT2D eigenvalue weighted by Crippen LogP contribution is 2.33. The molecule has 0 fully saturated rings. The third kappa shape index (κ3) is 19.5. The summed E-state index contributed by atoms with van der Waals surface area (Å²) >= 11 is 25.4. The molecule has 0 bridgehead atoms. The summed E-state index contributed by atoms with van der Waals surface area (Å²) in [7, 11) is 1.17. The smallest absolute Gasteiger partial charge is 0.328 e. The first-order valence-corrected chi connectivity index (χ1v) is 25.6. The van der Waals surface area contributed by atoms with Crippen molar-refractivity contribution < 1.29 is 48.2 Å². The number of carbonyl (C=O) groups excluding carboxylic acids is 7. The Kier molecular flexibility index (Phi) is 25.0. The Labute approximate surface area is 481 Å². The van der Waals surface area contributed by atoms with E-state index >= 15 is 0 Å². The maximum atomic E-state index is 13.0. The van der Waals surface area contributed by atoms with Crippen molar-refractivity contribution in [2.24, 2.45) is 11.5 Å². The van der Waals surface area contributed by atoms with Crippen molar-refractivity contribution >= 4 is 105 Å². The van der Waals surface area contributed by atoms with Gasteiger partial charge in [-0.05, 0) is 94.8 Å². The van der Waals surface area contributed by atoms with E-state index in [0.29, 0.717) is 27.8 Å². The molecule has 0 aliphatic rings. The number of carboxylic acid groups (broad SMARTS) is 1. The van der Waals surface area contributed by atoms with E-state index in [9.17, 15) is 43.5 Å². The van der Waals surface area contributed by atoms with Crippen LogP contribution in [0.2, 0.25) is 20.1 Å². The van der Waals surface area contributed by atoms with E-state index in [-0.39, 0.29) is 108 Å². The molecule has 0 saturated heterocycles. The number of Topliss-reactive ketones (excluding diaryl/α,β-unsaturated/α-hetero) is 2. The predicted molar refractivity (Wildman–Crippen MR) is 310 cm³/mol. The Morgan fingerprint density at radius 3 is 1.23 bits per heavy atom. The minimum atomic E-state index is -1.39.